The van der Waals surface area contributed by atoms with Crippen molar-refractivity contribution >= 4 is 0 Å². The van der Waals surface area contributed by atoms with Crippen LogP contribution in [0.5, 0.6) is 28.7 Å². The molecule has 5 nitrogen and oxygen atoms in total. The molecule has 2 aromatic rings. The quantitative estimate of drug-likeness (QED) is 0.886. The number of hydrogen-bond acceptors (Lipinski definition) is 5. The van der Waals surface area contributed by atoms with Gasteiger partial charge in [0, 0.05) is 12.1 Å². The Kier molecular flexibility index (Phi) is 4.46. The lowest BCUT2D eigenvalue weighted by atomic mass is 10.0. The van der Waals surface area contributed by atoms with E-state index in [1.807, 2.05) is 24.3 Å². The molecule has 0 aromatic heterocycles. The van der Waals surface area contributed by atoms with E-state index in [9.17, 15) is 5.11 Å². The molecule has 122 valence electrons. The first-order valence-corrected chi connectivity index (χ1v) is 7.53. The number of fused-ring (bicyclic) bond motifs is 1. The van der Waals surface area contributed by atoms with Gasteiger partial charge in [0.05, 0.1) is 14.2 Å². The van der Waals surface area contributed by atoms with Gasteiger partial charge in [-0.05, 0) is 42.5 Å². The summed E-state index contributed by atoms with van der Waals surface area (Å²) in [6, 6.07) is 9.22. The maximum atomic E-state index is 10.0. The molecule has 0 saturated heterocycles. The van der Waals surface area contributed by atoms with Crippen LogP contribution in [0.2, 0.25) is 0 Å². The van der Waals surface area contributed by atoms with E-state index in [2.05, 4.69) is 0 Å². The van der Waals surface area contributed by atoms with E-state index in [-0.39, 0.29) is 12.5 Å². The van der Waals surface area contributed by atoms with Crippen molar-refractivity contribution in [3.8, 4) is 28.7 Å². The maximum Gasteiger partial charge on any atom is 0.231 e. The molecule has 0 saturated carbocycles. The van der Waals surface area contributed by atoms with Crippen molar-refractivity contribution in [3.05, 3.63) is 41.5 Å². The molecule has 0 amide bonds. The average Bonchev–Trinajstić information content (AvgIpc) is 3.02. The molecule has 1 aliphatic heterocycles. The van der Waals surface area contributed by atoms with Gasteiger partial charge in [0.1, 0.15) is 17.2 Å². The number of aromatic hydroxyl groups is 1. The zero-order valence-electron chi connectivity index (χ0n) is 13.3. The van der Waals surface area contributed by atoms with Crippen LogP contribution in [-0.2, 0) is 12.8 Å². The van der Waals surface area contributed by atoms with Crippen molar-refractivity contribution in [3.63, 3.8) is 0 Å². The van der Waals surface area contributed by atoms with Crippen LogP contribution in [-0.4, -0.2) is 26.1 Å². The minimum Gasteiger partial charge on any atom is -0.508 e. The van der Waals surface area contributed by atoms with Gasteiger partial charge in [0.2, 0.25) is 6.79 Å². The maximum absolute atomic E-state index is 10.0. The first kappa shape index (κ1) is 15.3. The van der Waals surface area contributed by atoms with Crippen molar-refractivity contribution in [2.75, 3.05) is 21.0 Å². The molecule has 5 heteroatoms. The summed E-state index contributed by atoms with van der Waals surface area (Å²) in [6.07, 6.45) is 2.48. The fourth-order valence-electron chi connectivity index (χ4n) is 2.70. The standard InChI is InChI=1S/C18H20O5/c1-20-14-7-6-12(15(19)9-14)4-3-5-13-8-17-18(23-11-22-17)10-16(13)21-2/h6-10,19H,3-5,11H2,1-2H3. The van der Waals surface area contributed by atoms with Gasteiger partial charge in [0.15, 0.2) is 11.5 Å². The highest BCUT2D eigenvalue weighted by Gasteiger charge is 2.17. The van der Waals surface area contributed by atoms with E-state index in [4.69, 9.17) is 18.9 Å². The number of hydrogen-bond donors (Lipinski definition) is 1. The highest BCUT2D eigenvalue weighted by atomic mass is 16.7. The fourth-order valence-corrected chi connectivity index (χ4v) is 2.70. The lowest BCUT2D eigenvalue weighted by Crippen LogP contribution is -1.95. The van der Waals surface area contributed by atoms with Crippen molar-refractivity contribution in [2.45, 2.75) is 19.3 Å². The molecule has 0 unspecified atom stereocenters. The van der Waals surface area contributed by atoms with Gasteiger partial charge >= 0.3 is 0 Å². The molecule has 0 bridgehead atoms. The third-order valence-electron chi connectivity index (χ3n) is 3.96. The van der Waals surface area contributed by atoms with E-state index in [1.165, 1.54) is 0 Å². The second-order valence-electron chi connectivity index (χ2n) is 5.37. The number of phenolic OH excluding ortho intramolecular Hbond substituents is 1. The highest BCUT2D eigenvalue weighted by molar-refractivity contribution is 5.52. The Morgan fingerprint density at radius 2 is 1.70 bits per heavy atom. The topological polar surface area (TPSA) is 57.2 Å². The molecule has 3 rings (SSSR count). The fraction of sp³-hybridized carbons (Fsp3) is 0.333. The summed E-state index contributed by atoms with van der Waals surface area (Å²) in [5, 5.41) is 10.0. The van der Waals surface area contributed by atoms with Crippen LogP contribution in [0.15, 0.2) is 30.3 Å². The zero-order chi connectivity index (χ0) is 16.2. The number of benzene rings is 2. The summed E-state index contributed by atoms with van der Waals surface area (Å²) in [5.74, 6) is 3.20. The molecule has 0 atom stereocenters. The van der Waals surface area contributed by atoms with E-state index >= 15 is 0 Å². The predicted octanol–water partition coefficient (Wildman–Crippen LogP) is 3.31. The van der Waals surface area contributed by atoms with Gasteiger partial charge in [-0.25, -0.2) is 0 Å². The van der Waals surface area contributed by atoms with Crippen molar-refractivity contribution in [2.24, 2.45) is 0 Å². The second-order valence-corrected chi connectivity index (χ2v) is 5.37. The Morgan fingerprint density at radius 1 is 0.957 bits per heavy atom. The molecule has 23 heavy (non-hydrogen) atoms. The predicted molar refractivity (Wildman–Crippen MR) is 85.8 cm³/mol. The third-order valence-corrected chi connectivity index (χ3v) is 3.96. The number of phenols is 1. The summed E-state index contributed by atoms with van der Waals surface area (Å²) in [6.45, 7) is 0.252. The zero-order valence-corrected chi connectivity index (χ0v) is 13.3. The molecule has 0 fully saturated rings. The number of ether oxygens (including phenoxy) is 4. The Balaban J connectivity index is 1.67. The van der Waals surface area contributed by atoms with Crippen molar-refractivity contribution < 1.29 is 24.1 Å². The Morgan fingerprint density at radius 3 is 2.39 bits per heavy atom. The monoisotopic (exact) mass is 316 g/mol. The summed E-state index contributed by atoms with van der Waals surface area (Å²) in [7, 11) is 3.23. The molecule has 1 N–H and O–H groups in total. The van der Waals surface area contributed by atoms with Crippen molar-refractivity contribution in [1.29, 1.82) is 0 Å². The van der Waals surface area contributed by atoms with E-state index in [0.717, 1.165) is 47.6 Å². The number of methoxy groups -OCH3 is 2. The largest absolute Gasteiger partial charge is 0.508 e. The van der Waals surface area contributed by atoms with Gasteiger partial charge in [-0.3, -0.25) is 0 Å². The molecule has 2 aromatic carbocycles. The van der Waals surface area contributed by atoms with Gasteiger partial charge < -0.3 is 24.1 Å². The third kappa shape index (κ3) is 3.28. The molecular weight excluding hydrogens is 296 g/mol. The SMILES string of the molecule is COc1ccc(CCCc2cc3c(cc2OC)OCO3)c(O)c1. The van der Waals surface area contributed by atoms with Gasteiger partial charge in [0.25, 0.3) is 0 Å². The van der Waals surface area contributed by atoms with Crippen LogP contribution < -0.4 is 18.9 Å². The highest BCUT2D eigenvalue weighted by Crippen LogP contribution is 2.38. The van der Waals surface area contributed by atoms with E-state index in [0.29, 0.717) is 5.75 Å². The van der Waals surface area contributed by atoms with Crippen LogP contribution in [0.25, 0.3) is 0 Å². The summed E-state index contributed by atoms with van der Waals surface area (Å²) in [5.41, 5.74) is 1.98. The number of rotatable bonds is 6. The molecule has 0 aliphatic carbocycles. The van der Waals surface area contributed by atoms with Crippen LogP contribution >= 0.6 is 0 Å². The first-order valence-electron chi connectivity index (χ1n) is 7.53. The lowest BCUT2D eigenvalue weighted by Gasteiger charge is -2.11. The Hall–Kier alpha value is -2.56. The van der Waals surface area contributed by atoms with Gasteiger partial charge in [-0.15, -0.1) is 0 Å². The van der Waals surface area contributed by atoms with E-state index < -0.39 is 0 Å². The Labute approximate surface area is 135 Å². The van der Waals surface area contributed by atoms with Gasteiger partial charge in [-0.2, -0.15) is 0 Å². The average molecular weight is 316 g/mol. The van der Waals surface area contributed by atoms with Crippen LogP contribution in [0, 0.1) is 0 Å². The molecule has 0 radical (unpaired) electrons. The second kappa shape index (κ2) is 6.69. The summed E-state index contributed by atoms with van der Waals surface area (Å²) in [4.78, 5) is 0. The van der Waals surface area contributed by atoms with Crippen LogP contribution in [0.1, 0.15) is 17.5 Å². The summed E-state index contributed by atoms with van der Waals surface area (Å²) >= 11 is 0. The van der Waals surface area contributed by atoms with Crippen LogP contribution in [0.4, 0.5) is 0 Å². The Bertz CT molecular complexity index is 696. The van der Waals surface area contributed by atoms with E-state index in [1.54, 1.807) is 20.3 Å². The molecule has 1 heterocycles. The number of aryl methyl sites for hydroxylation is 2. The normalized spacial score (nSPS) is 12.3. The minimum atomic E-state index is 0.252. The first-order chi connectivity index (χ1) is 11.2. The van der Waals surface area contributed by atoms with Crippen molar-refractivity contribution in [1.82, 2.24) is 0 Å². The smallest absolute Gasteiger partial charge is 0.231 e. The lowest BCUT2D eigenvalue weighted by molar-refractivity contribution is 0.174. The molecule has 1 aliphatic rings. The minimum absolute atomic E-state index is 0.252. The molecule has 0 spiro atoms. The van der Waals surface area contributed by atoms with Gasteiger partial charge in [-0.1, -0.05) is 6.07 Å². The summed E-state index contributed by atoms with van der Waals surface area (Å²) < 4.78 is 21.3. The molecular formula is C18H20O5. The van der Waals surface area contributed by atoms with Crippen LogP contribution in [0.3, 0.4) is 0 Å².